The van der Waals surface area contributed by atoms with Crippen LogP contribution in [0, 0.1) is 0 Å². The minimum absolute atomic E-state index is 0.100. The van der Waals surface area contributed by atoms with Crippen LogP contribution in [0.1, 0.15) is 57.4 Å². The van der Waals surface area contributed by atoms with Crippen molar-refractivity contribution in [3.05, 3.63) is 59.8 Å². The lowest BCUT2D eigenvalue weighted by Gasteiger charge is -2.41. The average Bonchev–Trinajstić information content (AvgIpc) is 3.54. The molecule has 0 aliphatic carbocycles. The predicted molar refractivity (Wildman–Crippen MR) is 168 cm³/mol. The number of hydrogen-bond acceptors (Lipinski definition) is 8. The van der Waals surface area contributed by atoms with Crippen LogP contribution in [0.4, 0.5) is 5.82 Å². The standard InChI is InChI=1S/C30H42ClN7O4S/c1-3-4-5-6-7-8-18-43(40,41)37-16-17-38(28-21-27(31)34-30(35-28)36-15-14-32-23-36)25(22-37)20-29(39)33-13-12-24-10-9-11-26(19-24)42-2/h9-11,14-15,19,21,23,25H,3-8,12-13,16-18,20,22H2,1-2H3,(H,33,39). The van der Waals surface area contributed by atoms with E-state index in [1.807, 2.05) is 29.2 Å². The fourth-order valence-corrected chi connectivity index (χ4v) is 7.00. The summed E-state index contributed by atoms with van der Waals surface area (Å²) in [5.41, 5.74) is 1.05. The molecule has 2 aromatic heterocycles. The van der Waals surface area contributed by atoms with Gasteiger partial charge in [0.1, 0.15) is 23.0 Å². The lowest BCUT2D eigenvalue weighted by atomic mass is 10.1. The first-order chi connectivity index (χ1) is 20.8. The zero-order chi connectivity index (χ0) is 30.7. The zero-order valence-corrected chi connectivity index (χ0v) is 26.6. The number of rotatable bonds is 16. The fourth-order valence-electron chi connectivity index (χ4n) is 5.24. The number of sulfonamides is 1. The number of carbonyl (C=O) groups excluding carboxylic acids is 1. The minimum atomic E-state index is -3.47. The number of piperazine rings is 1. The van der Waals surface area contributed by atoms with E-state index in [2.05, 4.69) is 27.2 Å². The van der Waals surface area contributed by atoms with Gasteiger partial charge in [-0.25, -0.2) is 18.4 Å². The van der Waals surface area contributed by atoms with Gasteiger partial charge in [-0.2, -0.15) is 9.29 Å². The Morgan fingerprint density at radius 2 is 1.93 bits per heavy atom. The third-order valence-corrected chi connectivity index (χ3v) is 9.70. The predicted octanol–water partition coefficient (Wildman–Crippen LogP) is 4.25. The summed E-state index contributed by atoms with van der Waals surface area (Å²) < 4.78 is 35.1. The van der Waals surface area contributed by atoms with E-state index in [-0.39, 0.29) is 29.8 Å². The van der Waals surface area contributed by atoms with E-state index in [0.29, 0.717) is 44.2 Å². The van der Waals surface area contributed by atoms with E-state index in [9.17, 15) is 13.2 Å². The molecular weight excluding hydrogens is 590 g/mol. The maximum absolute atomic E-state index is 13.3. The van der Waals surface area contributed by atoms with Crippen molar-refractivity contribution in [2.75, 3.05) is 43.9 Å². The first-order valence-corrected chi connectivity index (χ1v) is 16.9. The summed E-state index contributed by atoms with van der Waals surface area (Å²) in [6.45, 7) is 3.46. The first-order valence-electron chi connectivity index (χ1n) is 15.0. The second-order valence-electron chi connectivity index (χ2n) is 10.8. The molecule has 13 heteroatoms. The Labute approximate surface area is 259 Å². The summed E-state index contributed by atoms with van der Waals surface area (Å²) in [6, 6.07) is 8.94. The van der Waals surface area contributed by atoms with E-state index in [0.717, 1.165) is 37.0 Å². The van der Waals surface area contributed by atoms with Crippen molar-refractivity contribution >= 4 is 33.3 Å². The molecule has 1 saturated heterocycles. The van der Waals surface area contributed by atoms with Crippen molar-refractivity contribution in [3.8, 4) is 11.7 Å². The maximum atomic E-state index is 13.3. The monoisotopic (exact) mass is 631 g/mol. The number of unbranched alkanes of at least 4 members (excludes halogenated alkanes) is 5. The van der Waals surface area contributed by atoms with Gasteiger partial charge in [0.15, 0.2) is 0 Å². The molecule has 1 N–H and O–H groups in total. The molecule has 3 heterocycles. The highest BCUT2D eigenvalue weighted by Gasteiger charge is 2.35. The number of nitrogens with zero attached hydrogens (tertiary/aromatic N) is 6. The number of hydrogen-bond donors (Lipinski definition) is 1. The molecule has 1 amide bonds. The second kappa shape index (κ2) is 16.0. The largest absolute Gasteiger partial charge is 0.497 e. The van der Waals surface area contributed by atoms with Crippen molar-refractivity contribution in [2.45, 2.75) is 64.3 Å². The molecule has 0 spiro atoms. The van der Waals surface area contributed by atoms with E-state index < -0.39 is 16.1 Å². The van der Waals surface area contributed by atoms with Crippen LogP contribution >= 0.6 is 11.6 Å². The normalized spacial score (nSPS) is 15.9. The van der Waals surface area contributed by atoms with Crippen molar-refractivity contribution in [3.63, 3.8) is 0 Å². The van der Waals surface area contributed by atoms with Gasteiger partial charge in [0, 0.05) is 51.1 Å². The van der Waals surface area contributed by atoms with Crippen LogP contribution in [0.5, 0.6) is 5.75 Å². The fraction of sp³-hybridized carbons (Fsp3) is 0.533. The highest BCUT2D eigenvalue weighted by Crippen LogP contribution is 2.26. The van der Waals surface area contributed by atoms with Crippen molar-refractivity contribution < 1.29 is 17.9 Å². The van der Waals surface area contributed by atoms with Crippen LogP contribution in [0.3, 0.4) is 0 Å². The Morgan fingerprint density at radius 3 is 2.70 bits per heavy atom. The Kier molecular flexibility index (Phi) is 12.2. The second-order valence-corrected chi connectivity index (χ2v) is 13.2. The molecule has 3 aromatic rings. The van der Waals surface area contributed by atoms with Crippen LogP contribution in [0.25, 0.3) is 5.95 Å². The molecule has 43 heavy (non-hydrogen) atoms. The quantitative estimate of drug-likeness (QED) is 0.184. The highest BCUT2D eigenvalue weighted by atomic mass is 35.5. The van der Waals surface area contributed by atoms with Gasteiger partial charge < -0.3 is 15.0 Å². The third kappa shape index (κ3) is 9.64. The van der Waals surface area contributed by atoms with Crippen LogP contribution < -0.4 is 15.0 Å². The van der Waals surface area contributed by atoms with Crippen molar-refractivity contribution in [2.24, 2.45) is 0 Å². The van der Waals surface area contributed by atoms with E-state index in [1.165, 1.54) is 10.7 Å². The molecule has 1 atom stereocenters. The highest BCUT2D eigenvalue weighted by molar-refractivity contribution is 7.89. The van der Waals surface area contributed by atoms with Crippen LogP contribution in [0.2, 0.25) is 5.15 Å². The topological polar surface area (TPSA) is 123 Å². The molecule has 234 valence electrons. The Morgan fingerprint density at radius 1 is 1.12 bits per heavy atom. The first kappa shape index (κ1) is 32.7. The maximum Gasteiger partial charge on any atom is 0.238 e. The van der Waals surface area contributed by atoms with Crippen LogP contribution in [-0.4, -0.2) is 83.2 Å². The molecule has 0 saturated carbocycles. The molecule has 4 rings (SSSR count). The van der Waals surface area contributed by atoms with E-state index in [4.69, 9.17) is 16.3 Å². The number of halogens is 1. The molecule has 11 nitrogen and oxygen atoms in total. The molecule has 0 radical (unpaired) electrons. The molecule has 1 aliphatic heterocycles. The Balaban J connectivity index is 1.45. The minimum Gasteiger partial charge on any atom is -0.497 e. The number of carbonyl (C=O) groups is 1. The van der Waals surface area contributed by atoms with Gasteiger partial charge in [-0.1, -0.05) is 62.8 Å². The van der Waals surface area contributed by atoms with Gasteiger partial charge >= 0.3 is 0 Å². The van der Waals surface area contributed by atoms with Gasteiger partial charge in [-0.3, -0.25) is 9.36 Å². The third-order valence-electron chi connectivity index (χ3n) is 7.58. The van der Waals surface area contributed by atoms with Gasteiger partial charge in [0.25, 0.3) is 0 Å². The Bertz CT molecular complexity index is 1420. The van der Waals surface area contributed by atoms with Crippen LogP contribution in [0.15, 0.2) is 49.1 Å². The lowest BCUT2D eigenvalue weighted by Crippen LogP contribution is -2.56. The number of nitrogens with one attached hydrogen (secondary N) is 1. The summed E-state index contributed by atoms with van der Waals surface area (Å²) in [6.07, 6.45) is 11.7. The number of imidazole rings is 1. The lowest BCUT2D eigenvalue weighted by molar-refractivity contribution is -0.121. The molecule has 1 aliphatic rings. The van der Waals surface area contributed by atoms with Gasteiger partial charge in [0.05, 0.1) is 18.9 Å². The molecule has 1 unspecified atom stereocenters. The Hall–Kier alpha value is -3.22. The molecular formula is C30H42ClN7O4S. The molecule has 1 fully saturated rings. The smallest absolute Gasteiger partial charge is 0.238 e. The van der Waals surface area contributed by atoms with Gasteiger partial charge in [-0.15, -0.1) is 0 Å². The SMILES string of the molecule is CCCCCCCCS(=O)(=O)N1CCN(c2cc(Cl)nc(-n3ccnc3)n2)C(CC(=O)NCCc2cccc(OC)c2)C1. The summed E-state index contributed by atoms with van der Waals surface area (Å²) in [4.78, 5) is 28.2. The van der Waals surface area contributed by atoms with Gasteiger partial charge in [0.2, 0.25) is 21.9 Å². The zero-order valence-electron chi connectivity index (χ0n) is 25.0. The average molecular weight is 632 g/mol. The summed E-state index contributed by atoms with van der Waals surface area (Å²) in [7, 11) is -1.85. The number of ether oxygens (including phenoxy) is 1. The number of benzene rings is 1. The number of aromatic nitrogens is 4. The van der Waals surface area contributed by atoms with E-state index >= 15 is 0 Å². The van der Waals surface area contributed by atoms with Crippen molar-refractivity contribution in [1.82, 2.24) is 29.1 Å². The van der Waals surface area contributed by atoms with E-state index in [1.54, 1.807) is 36.5 Å². The summed E-state index contributed by atoms with van der Waals surface area (Å²) >= 11 is 6.39. The number of methoxy groups -OCH3 is 1. The molecule has 0 bridgehead atoms. The molecule has 1 aromatic carbocycles. The number of amides is 1. The van der Waals surface area contributed by atoms with Gasteiger partial charge in [-0.05, 0) is 30.5 Å². The van der Waals surface area contributed by atoms with Crippen LogP contribution in [-0.2, 0) is 21.2 Å². The summed E-state index contributed by atoms with van der Waals surface area (Å²) in [5, 5.41) is 3.24. The number of anilines is 1. The van der Waals surface area contributed by atoms with Crippen molar-refractivity contribution in [1.29, 1.82) is 0 Å². The summed E-state index contributed by atoms with van der Waals surface area (Å²) in [5.74, 6) is 1.60.